The van der Waals surface area contributed by atoms with E-state index < -0.39 is 0 Å². The van der Waals surface area contributed by atoms with E-state index in [1.165, 1.54) is 0 Å². The molecule has 2 aromatic heterocycles. The molecule has 1 saturated heterocycles. The number of aromatic amines is 1. The molecule has 1 aliphatic heterocycles. The van der Waals surface area contributed by atoms with E-state index in [1.807, 2.05) is 42.2 Å². The van der Waals surface area contributed by atoms with E-state index in [9.17, 15) is 4.79 Å². The van der Waals surface area contributed by atoms with Crippen molar-refractivity contribution in [2.75, 3.05) is 13.1 Å². The van der Waals surface area contributed by atoms with Gasteiger partial charge in [0.15, 0.2) is 0 Å². The first-order valence-electron chi connectivity index (χ1n) is 7.87. The summed E-state index contributed by atoms with van der Waals surface area (Å²) in [5.74, 6) is 1.16. The molecule has 3 aromatic rings. The molecule has 3 heterocycles. The molecule has 1 fully saturated rings. The van der Waals surface area contributed by atoms with Crippen LogP contribution in [0.1, 0.15) is 34.2 Å². The van der Waals surface area contributed by atoms with Crippen molar-refractivity contribution in [3.8, 4) is 0 Å². The van der Waals surface area contributed by atoms with Crippen molar-refractivity contribution >= 4 is 16.8 Å². The largest absolute Gasteiger partial charge is 0.358 e. The highest BCUT2D eigenvalue weighted by atomic mass is 16.2. The summed E-state index contributed by atoms with van der Waals surface area (Å²) in [4.78, 5) is 26.9. The molecular weight excluding hydrogens is 288 g/mol. The van der Waals surface area contributed by atoms with Gasteiger partial charge in [-0.3, -0.25) is 4.79 Å². The number of para-hydroxylation sites is 1. The minimum atomic E-state index is 0.0957. The molecule has 23 heavy (non-hydrogen) atoms. The summed E-state index contributed by atoms with van der Waals surface area (Å²) in [5, 5.41) is 0.995. The number of nitrogens with one attached hydrogen (secondary N) is 1. The SMILES string of the molecule is Cc1[nH]c2ccccc2c1C(=O)N1CCC(c2ncccn2)C1. The molecule has 1 aromatic carbocycles. The summed E-state index contributed by atoms with van der Waals surface area (Å²) in [5.41, 5.74) is 2.72. The molecule has 0 spiro atoms. The van der Waals surface area contributed by atoms with E-state index in [4.69, 9.17) is 0 Å². The number of hydrogen-bond acceptors (Lipinski definition) is 3. The number of aromatic nitrogens is 3. The lowest BCUT2D eigenvalue weighted by atomic mass is 10.1. The first-order chi connectivity index (χ1) is 11.2. The standard InChI is InChI=1S/C18H18N4O/c1-12-16(14-5-2-3-6-15(14)21-12)18(23)22-10-7-13(11-22)17-19-8-4-9-20-17/h2-6,8-9,13,21H,7,10-11H2,1H3. The maximum atomic E-state index is 13.0. The summed E-state index contributed by atoms with van der Waals surface area (Å²) in [6.07, 6.45) is 4.43. The highest BCUT2D eigenvalue weighted by Crippen LogP contribution is 2.29. The van der Waals surface area contributed by atoms with Gasteiger partial charge in [-0.25, -0.2) is 9.97 Å². The second kappa shape index (κ2) is 5.50. The number of nitrogens with zero attached hydrogens (tertiary/aromatic N) is 3. The van der Waals surface area contributed by atoms with Gasteiger partial charge in [0.25, 0.3) is 5.91 Å². The zero-order chi connectivity index (χ0) is 15.8. The summed E-state index contributed by atoms with van der Waals surface area (Å²) < 4.78 is 0. The van der Waals surface area contributed by atoms with E-state index in [0.29, 0.717) is 6.54 Å². The van der Waals surface area contributed by atoms with Gasteiger partial charge in [0.1, 0.15) is 5.82 Å². The molecule has 1 unspecified atom stereocenters. The van der Waals surface area contributed by atoms with Gasteiger partial charge >= 0.3 is 0 Å². The Kier molecular flexibility index (Phi) is 3.33. The van der Waals surface area contributed by atoms with Crippen LogP contribution in [0.2, 0.25) is 0 Å². The van der Waals surface area contributed by atoms with E-state index in [0.717, 1.165) is 41.0 Å². The third-order valence-electron chi connectivity index (χ3n) is 4.53. The average Bonchev–Trinajstić information content (AvgIpc) is 3.19. The maximum absolute atomic E-state index is 13.0. The highest BCUT2D eigenvalue weighted by Gasteiger charge is 2.31. The highest BCUT2D eigenvalue weighted by molar-refractivity contribution is 6.08. The van der Waals surface area contributed by atoms with Crippen LogP contribution < -0.4 is 0 Å². The molecular formula is C18H18N4O. The maximum Gasteiger partial charge on any atom is 0.256 e. The molecule has 116 valence electrons. The van der Waals surface area contributed by atoms with Crippen molar-refractivity contribution in [2.45, 2.75) is 19.3 Å². The van der Waals surface area contributed by atoms with Crippen molar-refractivity contribution in [1.29, 1.82) is 0 Å². The fraction of sp³-hybridized carbons (Fsp3) is 0.278. The van der Waals surface area contributed by atoms with Crippen LogP contribution in [0.3, 0.4) is 0 Å². The monoisotopic (exact) mass is 306 g/mol. The predicted octanol–water partition coefficient (Wildman–Crippen LogP) is 2.90. The third kappa shape index (κ3) is 2.38. The first kappa shape index (κ1) is 13.9. The molecule has 0 radical (unpaired) electrons. The van der Waals surface area contributed by atoms with Crippen LogP contribution in [-0.2, 0) is 0 Å². The number of aryl methyl sites for hydroxylation is 1. The van der Waals surface area contributed by atoms with Crippen LogP contribution in [-0.4, -0.2) is 38.8 Å². The van der Waals surface area contributed by atoms with E-state index in [1.54, 1.807) is 12.4 Å². The first-order valence-corrected chi connectivity index (χ1v) is 7.87. The second-order valence-corrected chi connectivity index (χ2v) is 6.01. The van der Waals surface area contributed by atoms with E-state index in [-0.39, 0.29) is 11.8 Å². The molecule has 4 rings (SSSR count). The van der Waals surface area contributed by atoms with E-state index >= 15 is 0 Å². The number of hydrogen-bond donors (Lipinski definition) is 1. The summed E-state index contributed by atoms with van der Waals surface area (Å²) in [7, 11) is 0. The Hall–Kier alpha value is -2.69. The van der Waals surface area contributed by atoms with Crippen LogP contribution in [0.15, 0.2) is 42.7 Å². The molecule has 5 nitrogen and oxygen atoms in total. The number of fused-ring (bicyclic) bond motifs is 1. The zero-order valence-electron chi connectivity index (χ0n) is 13.0. The van der Waals surface area contributed by atoms with Gasteiger partial charge in [-0.1, -0.05) is 18.2 Å². The predicted molar refractivity (Wildman–Crippen MR) is 88.3 cm³/mol. The molecule has 0 saturated carbocycles. The zero-order valence-corrected chi connectivity index (χ0v) is 13.0. The minimum absolute atomic E-state index is 0.0957. The number of benzene rings is 1. The van der Waals surface area contributed by atoms with Gasteiger partial charge in [0, 0.05) is 48.0 Å². The van der Waals surface area contributed by atoms with Crippen LogP contribution in [0, 0.1) is 6.92 Å². The van der Waals surface area contributed by atoms with E-state index in [2.05, 4.69) is 15.0 Å². The fourth-order valence-corrected chi connectivity index (χ4v) is 3.39. The smallest absolute Gasteiger partial charge is 0.256 e. The Morgan fingerprint density at radius 3 is 2.83 bits per heavy atom. The van der Waals surface area contributed by atoms with Gasteiger partial charge in [0.05, 0.1) is 5.56 Å². The number of rotatable bonds is 2. The molecule has 1 N–H and O–H groups in total. The van der Waals surface area contributed by atoms with Gasteiger partial charge in [-0.05, 0) is 25.5 Å². The van der Waals surface area contributed by atoms with Gasteiger partial charge in [-0.15, -0.1) is 0 Å². The van der Waals surface area contributed by atoms with Crippen LogP contribution in [0.25, 0.3) is 10.9 Å². The van der Waals surface area contributed by atoms with Gasteiger partial charge in [-0.2, -0.15) is 0 Å². The minimum Gasteiger partial charge on any atom is -0.358 e. The van der Waals surface area contributed by atoms with Crippen molar-refractivity contribution in [3.05, 3.63) is 59.8 Å². The lowest BCUT2D eigenvalue weighted by molar-refractivity contribution is 0.0792. The fourth-order valence-electron chi connectivity index (χ4n) is 3.39. The Morgan fingerprint density at radius 2 is 2.00 bits per heavy atom. The number of H-pyrrole nitrogens is 1. The van der Waals surface area contributed by atoms with Crippen LogP contribution >= 0.6 is 0 Å². The topological polar surface area (TPSA) is 61.9 Å². The molecule has 1 atom stereocenters. The number of carbonyl (C=O) groups is 1. The van der Waals surface area contributed by atoms with Crippen molar-refractivity contribution in [2.24, 2.45) is 0 Å². The van der Waals surface area contributed by atoms with Crippen LogP contribution in [0.5, 0.6) is 0 Å². The van der Waals surface area contributed by atoms with Crippen molar-refractivity contribution in [1.82, 2.24) is 19.9 Å². The Morgan fingerprint density at radius 1 is 1.22 bits per heavy atom. The quantitative estimate of drug-likeness (QED) is 0.792. The van der Waals surface area contributed by atoms with Crippen molar-refractivity contribution in [3.63, 3.8) is 0 Å². The number of amides is 1. The number of likely N-dealkylation sites (tertiary alicyclic amines) is 1. The summed E-state index contributed by atoms with van der Waals surface area (Å²) >= 11 is 0. The third-order valence-corrected chi connectivity index (χ3v) is 4.53. The lowest BCUT2D eigenvalue weighted by Crippen LogP contribution is -2.29. The molecule has 0 aliphatic carbocycles. The van der Waals surface area contributed by atoms with Crippen molar-refractivity contribution < 1.29 is 4.79 Å². The molecule has 1 amide bonds. The second-order valence-electron chi connectivity index (χ2n) is 6.01. The molecule has 0 bridgehead atoms. The van der Waals surface area contributed by atoms with Gasteiger partial charge < -0.3 is 9.88 Å². The Labute approximate surface area is 134 Å². The Balaban J connectivity index is 1.61. The summed E-state index contributed by atoms with van der Waals surface area (Å²) in [6, 6.07) is 9.77. The normalized spacial score (nSPS) is 17.8. The summed E-state index contributed by atoms with van der Waals surface area (Å²) in [6.45, 7) is 3.39. The van der Waals surface area contributed by atoms with Gasteiger partial charge in [0.2, 0.25) is 0 Å². The average molecular weight is 306 g/mol. The lowest BCUT2D eigenvalue weighted by Gasteiger charge is -2.16. The Bertz CT molecular complexity index is 856. The number of carbonyl (C=O) groups excluding carboxylic acids is 1. The van der Waals surface area contributed by atoms with Crippen LogP contribution in [0.4, 0.5) is 0 Å². The molecule has 1 aliphatic rings. The molecule has 5 heteroatoms.